The van der Waals surface area contributed by atoms with E-state index in [1.165, 1.54) is 0 Å². The fourth-order valence-corrected chi connectivity index (χ4v) is 1.24. The zero-order valence-corrected chi connectivity index (χ0v) is 9.74. The number of aliphatic carboxylic acids is 1. The maximum Gasteiger partial charge on any atom is 0.324 e. The number of carboxylic acids is 1. The molecular formula is C10H22N2O2. The summed E-state index contributed by atoms with van der Waals surface area (Å²) in [6.07, 6.45) is 0. The maximum atomic E-state index is 10.8. The van der Waals surface area contributed by atoms with E-state index >= 15 is 0 Å². The molecule has 0 fully saturated rings. The molecule has 0 spiro atoms. The zero-order chi connectivity index (χ0) is 11.5. The third kappa shape index (κ3) is 3.64. The Morgan fingerprint density at radius 3 is 2.21 bits per heavy atom. The Bertz CT molecular complexity index is 202. The fourth-order valence-electron chi connectivity index (χ4n) is 1.24. The lowest BCUT2D eigenvalue weighted by atomic mass is 10.00. The minimum atomic E-state index is -1.17. The van der Waals surface area contributed by atoms with E-state index in [0.717, 1.165) is 0 Å². The van der Waals surface area contributed by atoms with E-state index in [1.54, 1.807) is 6.92 Å². The van der Waals surface area contributed by atoms with Crippen molar-refractivity contribution in [3.05, 3.63) is 0 Å². The van der Waals surface area contributed by atoms with Crippen molar-refractivity contribution in [2.75, 3.05) is 13.6 Å². The Morgan fingerprint density at radius 2 is 1.93 bits per heavy atom. The summed E-state index contributed by atoms with van der Waals surface area (Å²) in [4.78, 5) is 12.8. The molecule has 0 rings (SSSR count). The normalized spacial score (nSPS) is 18.3. The fraction of sp³-hybridized carbons (Fsp3) is 0.900. The number of nitrogens with zero attached hydrogens (tertiary/aromatic N) is 1. The van der Waals surface area contributed by atoms with Gasteiger partial charge < -0.3 is 15.7 Å². The summed E-state index contributed by atoms with van der Waals surface area (Å²) >= 11 is 0. The van der Waals surface area contributed by atoms with E-state index < -0.39 is 11.5 Å². The van der Waals surface area contributed by atoms with Crippen molar-refractivity contribution >= 4 is 5.97 Å². The highest BCUT2D eigenvalue weighted by atomic mass is 16.4. The number of rotatable bonds is 5. The molecule has 2 unspecified atom stereocenters. The summed E-state index contributed by atoms with van der Waals surface area (Å²) in [5.74, 6) is -0.468. The number of likely N-dealkylation sites (N-methyl/N-ethyl adjacent to an activating group) is 1. The molecule has 0 aromatic heterocycles. The highest BCUT2D eigenvalue weighted by Crippen LogP contribution is 2.11. The third-order valence-electron chi connectivity index (χ3n) is 2.73. The second kappa shape index (κ2) is 4.75. The van der Waals surface area contributed by atoms with Gasteiger partial charge in [0.1, 0.15) is 5.54 Å². The monoisotopic (exact) mass is 202 g/mol. The largest absolute Gasteiger partial charge is 0.480 e. The first-order valence-corrected chi connectivity index (χ1v) is 4.91. The van der Waals surface area contributed by atoms with Gasteiger partial charge in [0.05, 0.1) is 0 Å². The smallest absolute Gasteiger partial charge is 0.324 e. The van der Waals surface area contributed by atoms with Crippen LogP contribution in [-0.4, -0.2) is 41.1 Å². The van der Waals surface area contributed by atoms with Gasteiger partial charge in [0.2, 0.25) is 0 Å². The van der Waals surface area contributed by atoms with Crippen LogP contribution in [-0.2, 0) is 4.79 Å². The summed E-state index contributed by atoms with van der Waals surface area (Å²) in [6.45, 7) is 8.19. The van der Waals surface area contributed by atoms with E-state index in [1.807, 2.05) is 11.9 Å². The van der Waals surface area contributed by atoms with Crippen molar-refractivity contribution in [1.29, 1.82) is 0 Å². The number of nitrogens with two attached hydrogens (primary N) is 1. The molecule has 0 heterocycles. The van der Waals surface area contributed by atoms with Crippen molar-refractivity contribution < 1.29 is 9.90 Å². The van der Waals surface area contributed by atoms with Crippen LogP contribution in [0.4, 0.5) is 0 Å². The van der Waals surface area contributed by atoms with Crippen LogP contribution in [0.3, 0.4) is 0 Å². The molecule has 4 nitrogen and oxygen atoms in total. The van der Waals surface area contributed by atoms with Crippen LogP contribution in [0, 0.1) is 5.92 Å². The highest BCUT2D eigenvalue weighted by molar-refractivity contribution is 5.78. The Balaban J connectivity index is 4.31. The quantitative estimate of drug-likeness (QED) is 0.691. The van der Waals surface area contributed by atoms with Crippen molar-refractivity contribution in [2.45, 2.75) is 39.3 Å². The van der Waals surface area contributed by atoms with Crippen LogP contribution >= 0.6 is 0 Å². The maximum absolute atomic E-state index is 10.8. The Labute approximate surface area is 86.1 Å². The van der Waals surface area contributed by atoms with Crippen LogP contribution in [0.5, 0.6) is 0 Å². The van der Waals surface area contributed by atoms with E-state index in [2.05, 4.69) is 20.8 Å². The van der Waals surface area contributed by atoms with Crippen molar-refractivity contribution in [1.82, 2.24) is 4.90 Å². The molecular weight excluding hydrogens is 180 g/mol. The lowest BCUT2D eigenvalue weighted by Gasteiger charge is -2.32. The second-order valence-electron chi connectivity index (χ2n) is 4.62. The van der Waals surface area contributed by atoms with Crippen LogP contribution in [0.1, 0.15) is 27.7 Å². The SMILES string of the molecule is CC(C)C(C)N(C)CC(C)(N)C(=O)O. The van der Waals surface area contributed by atoms with Crippen molar-refractivity contribution in [3.63, 3.8) is 0 Å². The van der Waals surface area contributed by atoms with E-state index in [4.69, 9.17) is 10.8 Å². The standard InChI is InChI=1S/C10H22N2O2/c1-7(2)8(3)12(5)6-10(4,11)9(13)14/h7-8H,6,11H2,1-5H3,(H,13,14). The molecule has 14 heavy (non-hydrogen) atoms. The summed E-state index contributed by atoms with van der Waals surface area (Å²) in [7, 11) is 1.90. The topological polar surface area (TPSA) is 66.6 Å². The molecule has 0 aliphatic carbocycles. The van der Waals surface area contributed by atoms with Gasteiger partial charge in [-0.1, -0.05) is 13.8 Å². The van der Waals surface area contributed by atoms with Gasteiger partial charge in [0.15, 0.2) is 0 Å². The van der Waals surface area contributed by atoms with E-state index in [0.29, 0.717) is 18.5 Å². The van der Waals surface area contributed by atoms with Gasteiger partial charge in [-0.15, -0.1) is 0 Å². The Hall–Kier alpha value is -0.610. The predicted molar refractivity (Wildman–Crippen MR) is 57.2 cm³/mol. The first-order valence-electron chi connectivity index (χ1n) is 4.91. The van der Waals surface area contributed by atoms with Crippen LogP contribution in [0.2, 0.25) is 0 Å². The van der Waals surface area contributed by atoms with Crippen LogP contribution in [0.25, 0.3) is 0 Å². The van der Waals surface area contributed by atoms with Gasteiger partial charge in [-0.3, -0.25) is 4.79 Å². The highest BCUT2D eigenvalue weighted by Gasteiger charge is 2.31. The molecule has 0 aromatic carbocycles. The summed E-state index contributed by atoms with van der Waals surface area (Å²) in [5, 5.41) is 8.86. The summed E-state index contributed by atoms with van der Waals surface area (Å²) in [6, 6.07) is 0.331. The zero-order valence-electron chi connectivity index (χ0n) is 9.74. The number of carboxylic acid groups (broad SMARTS) is 1. The Kier molecular flexibility index (Phi) is 4.55. The average Bonchev–Trinajstić information content (AvgIpc) is 2.01. The molecule has 0 radical (unpaired) electrons. The van der Waals surface area contributed by atoms with Crippen LogP contribution < -0.4 is 5.73 Å². The lowest BCUT2D eigenvalue weighted by molar-refractivity contribution is -0.143. The minimum Gasteiger partial charge on any atom is -0.480 e. The second-order valence-corrected chi connectivity index (χ2v) is 4.62. The van der Waals surface area contributed by atoms with Crippen molar-refractivity contribution in [2.24, 2.45) is 11.7 Å². The van der Waals surface area contributed by atoms with Crippen LogP contribution in [0.15, 0.2) is 0 Å². The first kappa shape index (κ1) is 13.4. The summed E-state index contributed by atoms with van der Waals surface area (Å²) in [5.41, 5.74) is 4.49. The molecule has 0 aliphatic rings. The Morgan fingerprint density at radius 1 is 1.50 bits per heavy atom. The molecule has 0 saturated heterocycles. The van der Waals surface area contributed by atoms with Gasteiger partial charge in [-0.2, -0.15) is 0 Å². The van der Waals surface area contributed by atoms with Gasteiger partial charge in [0, 0.05) is 12.6 Å². The van der Waals surface area contributed by atoms with Gasteiger partial charge in [-0.25, -0.2) is 0 Å². The average molecular weight is 202 g/mol. The molecule has 3 N–H and O–H groups in total. The van der Waals surface area contributed by atoms with Gasteiger partial charge in [0.25, 0.3) is 0 Å². The first-order chi connectivity index (χ1) is 6.18. The van der Waals surface area contributed by atoms with Gasteiger partial charge in [-0.05, 0) is 26.8 Å². The summed E-state index contributed by atoms with van der Waals surface area (Å²) < 4.78 is 0. The third-order valence-corrected chi connectivity index (χ3v) is 2.73. The molecule has 2 atom stereocenters. The van der Waals surface area contributed by atoms with E-state index in [9.17, 15) is 4.79 Å². The molecule has 0 aromatic rings. The predicted octanol–water partition coefficient (Wildman–Crippen LogP) is 0.765. The molecule has 4 heteroatoms. The van der Waals surface area contributed by atoms with Gasteiger partial charge >= 0.3 is 5.97 Å². The molecule has 0 aliphatic heterocycles. The molecule has 84 valence electrons. The number of carbonyl (C=O) groups is 1. The molecule has 0 amide bonds. The number of hydrogen-bond acceptors (Lipinski definition) is 3. The van der Waals surface area contributed by atoms with E-state index in [-0.39, 0.29) is 0 Å². The molecule has 0 saturated carbocycles. The number of hydrogen-bond donors (Lipinski definition) is 2. The molecule has 0 bridgehead atoms. The minimum absolute atomic E-state index is 0.331. The lowest BCUT2D eigenvalue weighted by Crippen LogP contribution is -2.55. The van der Waals surface area contributed by atoms with Crippen molar-refractivity contribution in [3.8, 4) is 0 Å².